The number of carbonyl (C=O) groups is 3. The lowest BCUT2D eigenvalue weighted by Crippen LogP contribution is -2.57. The first kappa shape index (κ1) is 20.1. The number of carbonyl (C=O) groups excluding carboxylic acids is 3. The van der Waals surface area contributed by atoms with Gasteiger partial charge in [0.05, 0.1) is 16.8 Å². The van der Waals surface area contributed by atoms with Gasteiger partial charge in [0.2, 0.25) is 5.91 Å². The van der Waals surface area contributed by atoms with Crippen molar-refractivity contribution in [2.24, 2.45) is 5.92 Å². The van der Waals surface area contributed by atoms with Crippen molar-refractivity contribution in [1.82, 2.24) is 9.80 Å². The van der Waals surface area contributed by atoms with Crippen LogP contribution in [0.15, 0.2) is 48.5 Å². The molecule has 156 valence electrons. The molecular formula is C23H24FN3O3. The minimum atomic E-state index is -0.864. The molecule has 0 saturated carbocycles. The number of anilines is 1. The molecule has 0 aliphatic carbocycles. The highest BCUT2D eigenvalue weighted by molar-refractivity contribution is 6.22. The van der Waals surface area contributed by atoms with Crippen LogP contribution in [0.2, 0.25) is 0 Å². The van der Waals surface area contributed by atoms with E-state index >= 15 is 0 Å². The topological polar surface area (TPSA) is 60.9 Å². The number of piperazine rings is 1. The standard InChI is InChI=1S/C23H24FN3O3/c1-15(2)20(27-21(28)16-7-3-4-8-17(16)22(27)29)23(30)26-13-11-25(12-14-26)19-10-6-5-9-18(19)24/h3-10,15,20H,11-14H2,1-2H3. The van der Waals surface area contributed by atoms with Crippen LogP contribution in [-0.4, -0.2) is 59.7 Å². The number of imide groups is 1. The van der Waals surface area contributed by atoms with Crippen LogP contribution in [0.25, 0.3) is 0 Å². The zero-order chi connectivity index (χ0) is 21.4. The highest BCUT2D eigenvalue weighted by atomic mass is 19.1. The third-order valence-corrected chi connectivity index (χ3v) is 5.77. The van der Waals surface area contributed by atoms with Gasteiger partial charge in [0.1, 0.15) is 11.9 Å². The number of benzene rings is 2. The average molecular weight is 409 g/mol. The van der Waals surface area contributed by atoms with E-state index in [1.165, 1.54) is 6.07 Å². The van der Waals surface area contributed by atoms with Crippen LogP contribution >= 0.6 is 0 Å². The van der Waals surface area contributed by atoms with Gasteiger partial charge in [-0.05, 0) is 30.2 Å². The molecule has 7 heteroatoms. The lowest BCUT2D eigenvalue weighted by Gasteiger charge is -2.39. The molecule has 2 aromatic carbocycles. The SMILES string of the molecule is CC(C)C(C(=O)N1CCN(c2ccccc2F)CC1)N1C(=O)c2ccccc2C1=O. The molecule has 0 radical (unpaired) electrons. The van der Waals surface area contributed by atoms with Crippen LogP contribution < -0.4 is 4.90 Å². The van der Waals surface area contributed by atoms with E-state index in [0.29, 0.717) is 43.0 Å². The van der Waals surface area contributed by atoms with E-state index in [2.05, 4.69) is 0 Å². The average Bonchev–Trinajstić information content (AvgIpc) is 3.00. The van der Waals surface area contributed by atoms with Crippen molar-refractivity contribution in [2.75, 3.05) is 31.1 Å². The van der Waals surface area contributed by atoms with Gasteiger partial charge < -0.3 is 9.80 Å². The summed E-state index contributed by atoms with van der Waals surface area (Å²) in [4.78, 5) is 43.9. The summed E-state index contributed by atoms with van der Waals surface area (Å²) >= 11 is 0. The Labute approximate surface area is 174 Å². The summed E-state index contributed by atoms with van der Waals surface area (Å²) in [5, 5.41) is 0. The Balaban J connectivity index is 1.51. The monoisotopic (exact) mass is 409 g/mol. The van der Waals surface area contributed by atoms with Crippen LogP contribution in [-0.2, 0) is 4.79 Å². The first-order valence-electron chi connectivity index (χ1n) is 10.2. The lowest BCUT2D eigenvalue weighted by atomic mass is 10.0. The van der Waals surface area contributed by atoms with E-state index in [4.69, 9.17) is 0 Å². The highest BCUT2D eigenvalue weighted by Crippen LogP contribution is 2.28. The lowest BCUT2D eigenvalue weighted by molar-refractivity contribution is -0.137. The van der Waals surface area contributed by atoms with Crippen LogP contribution in [0, 0.1) is 11.7 Å². The minimum absolute atomic E-state index is 0.232. The first-order chi connectivity index (χ1) is 14.4. The molecule has 2 heterocycles. The van der Waals surface area contributed by atoms with Crippen LogP contribution in [0.5, 0.6) is 0 Å². The van der Waals surface area contributed by atoms with Gasteiger partial charge in [-0.3, -0.25) is 19.3 Å². The van der Waals surface area contributed by atoms with E-state index in [1.54, 1.807) is 47.4 Å². The molecule has 0 bridgehead atoms. The predicted molar refractivity (Wildman–Crippen MR) is 111 cm³/mol. The van der Waals surface area contributed by atoms with Gasteiger partial charge >= 0.3 is 0 Å². The largest absolute Gasteiger partial charge is 0.366 e. The van der Waals surface area contributed by atoms with Crippen molar-refractivity contribution in [2.45, 2.75) is 19.9 Å². The van der Waals surface area contributed by atoms with E-state index in [1.807, 2.05) is 18.7 Å². The molecule has 0 N–H and O–H groups in total. The van der Waals surface area contributed by atoms with Gasteiger partial charge in [0, 0.05) is 26.2 Å². The maximum absolute atomic E-state index is 14.1. The number of fused-ring (bicyclic) bond motifs is 1. The van der Waals surface area contributed by atoms with Gasteiger partial charge in [0.25, 0.3) is 11.8 Å². The molecule has 0 spiro atoms. The Hall–Kier alpha value is -3.22. The van der Waals surface area contributed by atoms with E-state index in [9.17, 15) is 18.8 Å². The fourth-order valence-electron chi connectivity index (χ4n) is 4.22. The zero-order valence-corrected chi connectivity index (χ0v) is 17.0. The Morgan fingerprint density at radius 1 is 0.867 bits per heavy atom. The fourth-order valence-corrected chi connectivity index (χ4v) is 4.22. The third kappa shape index (κ3) is 3.34. The fraction of sp³-hybridized carbons (Fsp3) is 0.348. The molecular weight excluding hydrogens is 385 g/mol. The molecule has 4 rings (SSSR count). The van der Waals surface area contributed by atoms with Crippen molar-refractivity contribution in [3.05, 3.63) is 65.5 Å². The Morgan fingerprint density at radius 2 is 1.40 bits per heavy atom. The molecule has 0 aromatic heterocycles. The molecule has 1 unspecified atom stereocenters. The Bertz CT molecular complexity index is 964. The number of amides is 3. The second kappa shape index (κ2) is 7.89. The normalized spacial score (nSPS) is 17.5. The molecule has 2 aromatic rings. The quantitative estimate of drug-likeness (QED) is 0.729. The summed E-state index contributed by atoms with van der Waals surface area (Å²) in [6.45, 7) is 5.45. The number of para-hydroxylation sites is 1. The summed E-state index contributed by atoms with van der Waals surface area (Å²) in [5.74, 6) is -1.61. The molecule has 1 fully saturated rings. The number of nitrogens with zero attached hydrogens (tertiary/aromatic N) is 3. The molecule has 30 heavy (non-hydrogen) atoms. The smallest absolute Gasteiger partial charge is 0.262 e. The van der Waals surface area contributed by atoms with Crippen molar-refractivity contribution in [3.63, 3.8) is 0 Å². The van der Waals surface area contributed by atoms with E-state index in [-0.39, 0.29) is 17.6 Å². The van der Waals surface area contributed by atoms with Crippen molar-refractivity contribution < 1.29 is 18.8 Å². The maximum Gasteiger partial charge on any atom is 0.262 e. The molecule has 3 amide bonds. The summed E-state index contributed by atoms with van der Waals surface area (Å²) < 4.78 is 14.1. The van der Waals surface area contributed by atoms with Crippen LogP contribution in [0.4, 0.5) is 10.1 Å². The zero-order valence-electron chi connectivity index (χ0n) is 17.0. The van der Waals surface area contributed by atoms with Crippen molar-refractivity contribution >= 4 is 23.4 Å². The molecule has 2 aliphatic rings. The number of halogens is 1. The van der Waals surface area contributed by atoms with Gasteiger partial charge in [-0.15, -0.1) is 0 Å². The van der Waals surface area contributed by atoms with Gasteiger partial charge in [-0.1, -0.05) is 38.1 Å². The molecule has 6 nitrogen and oxygen atoms in total. The summed E-state index contributed by atoms with van der Waals surface area (Å²) in [6.07, 6.45) is 0. The highest BCUT2D eigenvalue weighted by Gasteiger charge is 2.45. The summed E-state index contributed by atoms with van der Waals surface area (Å²) in [5.41, 5.74) is 1.20. The minimum Gasteiger partial charge on any atom is -0.366 e. The Kier molecular flexibility index (Phi) is 5.28. The number of rotatable bonds is 4. The van der Waals surface area contributed by atoms with Crippen molar-refractivity contribution in [1.29, 1.82) is 0 Å². The third-order valence-electron chi connectivity index (χ3n) is 5.77. The van der Waals surface area contributed by atoms with Crippen LogP contribution in [0.3, 0.4) is 0 Å². The van der Waals surface area contributed by atoms with Gasteiger partial charge in [0.15, 0.2) is 0 Å². The van der Waals surface area contributed by atoms with Gasteiger partial charge in [-0.2, -0.15) is 0 Å². The first-order valence-corrected chi connectivity index (χ1v) is 10.2. The van der Waals surface area contributed by atoms with Gasteiger partial charge in [-0.25, -0.2) is 4.39 Å². The number of hydrogen-bond acceptors (Lipinski definition) is 4. The molecule has 1 atom stereocenters. The van der Waals surface area contributed by atoms with E-state index in [0.717, 1.165) is 4.90 Å². The second-order valence-corrected chi connectivity index (χ2v) is 7.98. The van der Waals surface area contributed by atoms with Crippen LogP contribution in [0.1, 0.15) is 34.6 Å². The summed E-state index contributed by atoms with van der Waals surface area (Å²) in [7, 11) is 0. The predicted octanol–water partition coefficient (Wildman–Crippen LogP) is 2.80. The second-order valence-electron chi connectivity index (χ2n) is 7.98. The maximum atomic E-state index is 14.1. The molecule has 1 saturated heterocycles. The summed E-state index contributed by atoms with van der Waals surface area (Å²) in [6, 6.07) is 12.4. The van der Waals surface area contributed by atoms with Crippen molar-refractivity contribution in [3.8, 4) is 0 Å². The number of hydrogen-bond donors (Lipinski definition) is 0. The molecule has 2 aliphatic heterocycles. The van der Waals surface area contributed by atoms with E-state index < -0.39 is 17.9 Å². The Morgan fingerprint density at radius 3 is 1.93 bits per heavy atom.